The standard InChI is InChI=1S/C13H11NO3/c1-17-12-4-2-3-11-10(12)6-5-9(13(11)16)7-14-8-15/h2-6,16H,7H2,1H3. The lowest BCUT2D eigenvalue weighted by Crippen LogP contribution is -1.88. The van der Waals surface area contributed by atoms with Crippen molar-refractivity contribution >= 4 is 16.9 Å². The van der Waals surface area contributed by atoms with Gasteiger partial charge >= 0.3 is 0 Å². The molecule has 0 unspecified atom stereocenters. The van der Waals surface area contributed by atoms with Crippen molar-refractivity contribution in [3.63, 3.8) is 0 Å². The van der Waals surface area contributed by atoms with Gasteiger partial charge in [0.1, 0.15) is 11.5 Å². The van der Waals surface area contributed by atoms with Gasteiger partial charge in [-0.3, -0.25) is 0 Å². The minimum absolute atomic E-state index is 0.125. The number of benzene rings is 2. The Morgan fingerprint density at radius 2 is 2.12 bits per heavy atom. The van der Waals surface area contributed by atoms with Gasteiger partial charge < -0.3 is 9.84 Å². The van der Waals surface area contributed by atoms with E-state index in [-0.39, 0.29) is 12.3 Å². The zero-order chi connectivity index (χ0) is 12.3. The van der Waals surface area contributed by atoms with Crippen molar-refractivity contribution in [3.8, 4) is 11.5 Å². The van der Waals surface area contributed by atoms with Crippen LogP contribution in [-0.2, 0) is 11.3 Å². The maximum absolute atomic E-state index is 10.1. The molecule has 0 aliphatic carbocycles. The van der Waals surface area contributed by atoms with Gasteiger partial charge in [-0.1, -0.05) is 24.3 Å². The van der Waals surface area contributed by atoms with E-state index in [9.17, 15) is 9.90 Å². The summed E-state index contributed by atoms with van der Waals surface area (Å²) in [5.41, 5.74) is 0.592. The predicted molar refractivity (Wildman–Crippen MR) is 64.0 cm³/mol. The molecule has 0 fully saturated rings. The van der Waals surface area contributed by atoms with E-state index in [0.29, 0.717) is 16.7 Å². The molecular formula is C13H11NO3. The highest BCUT2D eigenvalue weighted by atomic mass is 16.5. The summed E-state index contributed by atoms with van der Waals surface area (Å²) in [6, 6.07) is 8.98. The van der Waals surface area contributed by atoms with E-state index >= 15 is 0 Å². The lowest BCUT2D eigenvalue weighted by molar-refractivity contribution is 0.419. The van der Waals surface area contributed by atoms with E-state index < -0.39 is 0 Å². The predicted octanol–water partition coefficient (Wildman–Crippen LogP) is 2.39. The summed E-state index contributed by atoms with van der Waals surface area (Å²) in [4.78, 5) is 13.5. The minimum Gasteiger partial charge on any atom is -0.507 e. The molecule has 4 heteroatoms. The number of aliphatic imine (C=N–C) groups is 1. The van der Waals surface area contributed by atoms with Gasteiger partial charge in [0, 0.05) is 16.3 Å². The first-order valence-electron chi connectivity index (χ1n) is 5.09. The second-order valence-electron chi connectivity index (χ2n) is 3.54. The van der Waals surface area contributed by atoms with Gasteiger partial charge in [0.15, 0.2) is 0 Å². The molecule has 2 rings (SSSR count). The molecule has 0 radical (unpaired) electrons. The summed E-state index contributed by atoms with van der Waals surface area (Å²) in [5.74, 6) is 0.823. The molecule has 2 aromatic carbocycles. The zero-order valence-electron chi connectivity index (χ0n) is 9.30. The third-order valence-electron chi connectivity index (χ3n) is 2.61. The highest BCUT2D eigenvalue weighted by Crippen LogP contribution is 2.34. The van der Waals surface area contributed by atoms with Crippen LogP contribution >= 0.6 is 0 Å². The summed E-state index contributed by atoms with van der Waals surface area (Å²) in [5, 5.41) is 11.6. The zero-order valence-corrected chi connectivity index (χ0v) is 9.30. The van der Waals surface area contributed by atoms with E-state index in [1.807, 2.05) is 12.1 Å². The monoisotopic (exact) mass is 229 g/mol. The molecule has 0 aliphatic heterocycles. The summed E-state index contributed by atoms with van der Waals surface area (Å²) < 4.78 is 5.21. The Kier molecular flexibility index (Phi) is 3.08. The fourth-order valence-electron chi connectivity index (χ4n) is 1.78. The number of hydrogen-bond acceptors (Lipinski definition) is 4. The molecule has 0 aromatic heterocycles. The average molecular weight is 229 g/mol. The van der Waals surface area contributed by atoms with Crippen LogP contribution in [0.5, 0.6) is 11.5 Å². The molecule has 86 valence electrons. The van der Waals surface area contributed by atoms with Crippen molar-refractivity contribution in [2.75, 3.05) is 7.11 Å². The molecule has 0 aliphatic rings. The number of aromatic hydroxyl groups is 1. The van der Waals surface area contributed by atoms with Crippen LogP contribution in [0.3, 0.4) is 0 Å². The smallest absolute Gasteiger partial charge is 0.235 e. The van der Waals surface area contributed by atoms with Gasteiger partial charge in [-0.15, -0.1) is 0 Å². The number of hydrogen-bond donors (Lipinski definition) is 1. The summed E-state index contributed by atoms with van der Waals surface area (Å²) in [6.45, 7) is 0.127. The maximum atomic E-state index is 10.1. The number of isocyanates is 1. The molecule has 2 aromatic rings. The second-order valence-corrected chi connectivity index (χ2v) is 3.54. The fourth-order valence-corrected chi connectivity index (χ4v) is 1.78. The van der Waals surface area contributed by atoms with Gasteiger partial charge in [-0.05, 0) is 6.07 Å². The van der Waals surface area contributed by atoms with Gasteiger partial charge in [0.25, 0.3) is 0 Å². The van der Waals surface area contributed by atoms with Crippen LogP contribution in [0.1, 0.15) is 5.56 Å². The minimum atomic E-state index is 0.125. The van der Waals surface area contributed by atoms with Crippen molar-refractivity contribution in [1.29, 1.82) is 0 Å². The molecule has 4 nitrogen and oxygen atoms in total. The summed E-state index contributed by atoms with van der Waals surface area (Å²) in [7, 11) is 1.58. The fraction of sp³-hybridized carbons (Fsp3) is 0.154. The van der Waals surface area contributed by atoms with Gasteiger partial charge in [0.05, 0.1) is 13.7 Å². The molecule has 0 bridgehead atoms. The van der Waals surface area contributed by atoms with Gasteiger partial charge in [-0.2, -0.15) is 0 Å². The maximum Gasteiger partial charge on any atom is 0.235 e. The van der Waals surface area contributed by atoms with Gasteiger partial charge in [0.2, 0.25) is 6.08 Å². The highest BCUT2D eigenvalue weighted by Gasteiger charge is 2.08. The first-order valence-corrected chi connectivity index (χ1v) is 5.09. The largest absolute Gasteiger partial charge is 0.507 e. The van der Waals surface area contributed by atoms with Crippen molar-refractivity contribution in [3.05, 3.63) is 35.9 Å². The summed E-state index contributed by atoms with van der Waals surface area (Å²) >= 11 is 0. The Hall–Kier alpha value is -2.32. The second kappa shape index (κ2) is 4.68. The Morgan fingerprint density at radius 1 is 1.29 bits per heavy atom. The average Bonchev–Trinajstić information content (AvgIpc) is 2.37. The number of methoxy groups -OCH3 is 1. The van der Waals surface area contributed by atoms with E-state index in [2.05, 4.69) is 4.99 Å². The van der Waals surface area contributed by atoms with Crippen LogP contribution < -0.4 is 4.74 Å². The van der Waals surface area contributed by atoms with Crippen LogP contribution in [0.4, 0.5) is 0 Å². The van der Waals surface area contributed by atoms with Crippen LogP contribution in [0.15, 0.2) is 35.3 Å². The van der Waals surface area contributed by atoms with E-state index in [1.165, 1.54) is 6.08 Å². The molecule has 0 heterocycles. The Labute approximate surface area is 98.2 Å². The quantitative estimate of drug-likeness (QED) is 0.649. The molecule has 0 spiro atoms. The number of rotatable bonds is 3. The number of phenolic OH excluding ortho intramolecular Hbond substituents is 1. The topological polar surface area (TPSA) is 58.9 Å². The number of carbonyl (C=O) groups excluding carboxylic acids is 1. The number of ether oxygens (including phenoxy) is 1. The Balaban J connectivity index is 2.63. The molecule has 17 heavy (non-hydrogen) atoms. The van der Waals surface area contributed by atoms with Gasteiger partial charge in [-0.25, -0.2) is 9.79 Å². The highest BCUT2D eigenvalue weighted by molar-refractivity contribution is 5.93. The Morgan fingerprint density at radius 3 is 2.82 bits per heavy atom. The van der Waals surface area contributed by atoms with Crippen molar-refractivity contribution in [1.82, 2.24) is 0 Å². The van der Waals surface area contributed by atoms with E-state index in [0.717, 1.165) is 5.39 Å². The number of fused-ring (bicyclic) bond motifs is 1. The number of phenols is 1. The lowest BCUT2D eigenvalue weighted by atomic mass is 10.0. The SMILES string of the molecule is COc1cccc2c(O)c(CN=C=O)ccc12. The normalized spacial score (nSPS) is 9.94. The van der Waals surface area contributed by atoms with Crippen molar-refractivity contribution in [2.24, 2.45) is 4.99 Å². The number of nitrogens with zero attached hydrogens (tertiary/aromatic N) is 1. The molecule has 0 saturated carbocycles. The molecular weight excluding hydrogens is 218 g/mol. The Bertz CT molecular complexity index is 601. The van der Waals surface area contributed by atoms with Crippen LogP contribution in [0.2, 0.25) is 0 Å². The lowest BCUT2D eigenvalue weighted by Gasteiger charge is -2.08. The molecule has 1 N–H and O–H groups in total. The molecule has 0 atom stereocenters. The summed E-state index contributed by atoms with van der Waals surface area (Å²) in [6.07, 6.45) is 1.45. The van der Waals surface area contributed by atoms with E-state index in [4.69, 9.17) is 4.74 Å². The molecule has 0 saturated heterocycles. The first-order chi connectivity index (χ1) is 8.27. The van der Waals surface area contributed by atoms with Crippen molar-refractivity contribution in [2.45, 2.75) is 6.54 Å². The molecule has 0 amide bonds. The van der Waals surface area contributed by atoms with E-state index in [1.54, 1.807) is 25.3 Å². The third-order valence-corrected chi connectivity index (χ3v) is 2.61. The first kappa shape index (κ1) is 11.2. The van der Waals surface area contributed by atoms with Crippen LogP contribution in [0, 0.1) is 0 Å². The van der Waals surface area contributed by atoms with Crippen LogP contribution in [0.25, 0.3) is 10.8 Å². The third kappa shape index (κ3) is 1.98. The van der Waals surface area contributed by atoms with Crippen LogP contribution in [-0.4, -0.2) is 18.3 Å². The van der Waals surface area contributed by atoms with Crippen molar-refractivity contribution < 1.29 is 14.6 Å².